The number of fused-ring (bicyclic) bond motifs is 1. The summed E-state index contributed by atoms with van der Waals surface area (Å²) in [5.74, 6) is -0.412. The fourth-order valence-electron chi connectivity index (χ4n) is 2.89. The maximum absolute atomic E-state index is 12.6. The highest BCUT2D eigenvalue weighted by Gasteiger charge is 2.25. The summed E-state index contributed by atoms with van der Waals surface area (Å²) in [4.78, 5) is 29.7. The van der Waals surface area contributed by atoms with E-state index >= 15 is 0 Å². The smallest absolute Gasteiger partial charge is 0.269 e. The minimum absolute atomic E-state index is 0.131. The summed E-state index contributed by atoms with van der Waals surface area (Å²) in [6.07, 6.45) is 3.31. The zero-order chi connectivity index (χ0) is 17.4. The van der Waals surface area contributed by atoms with Gasteiger partial charge in [-0.25, -0.2) is 4.98 Å². The molecule has 2 aromatic heterocycles. The standard InChI is InChI=1S/C17H15ClN4O2S/c18-11-5-2-1-4-10(11)13-8-22-14(9-25-17(22)21-13)16(24)20-12-6-3-7-19-15(12)23/h1-2,4-5,8-9,12H,3,6-7H2,(H,19,23)(H,20,24)/t12-/m1/s1. The minimum Gasteiger partial charge on any atom is -0.354 e. The maximum atomic E-state index is 12.6. The summed E-state index contributed by atoms with van der Waals surface area (Å²) in [6, 6.07) is 6.96. The Hall–Kier alpha value is -2.38. The molecule has 0 saturated carbocycles. The van der Waals surface area contributed by atoms with Crippen molar-refractivity contribution < 1.29 is 9.59 Å². The van der Waals surface area contributed by atoms with Gasteiger partial charge in [-0.1, -0.05) is 29.8 Å². The Morgan fingerprint density at radius 2 is 2.24 bits per heavy atom. The van der Waals surface area contributed by atoms with Gasteiger partial charge in [-0.15, -0.1) is 11.3 Å². The van der Waals surface area contributed by atoms with Crippen LogP contribution in [0.15, 0.2) is 35.8 Å². The Morgan fingerprint density at radius 1 is 1.40 bits per heavy atom. The molecule has 3 heterocycles. The van der Waals surface area contributed by atoms with Crippen LogP contribution in [-0.2, 0) is 4.79 Å². The van der Waals surface area contributed by atoms with Gasteiger partial charge < -0.3 is 10.6 Å². The molecule has 1 saturated heterocycles. The Balaban J connectivity index is 1.63. The molecule has 8 heteroatoms. The van der Waals surface area contributed by atoms with Crippen molar-refractivity contribution >= 4 is 39.7 Å². The van der Waals surface area contributed by atoms with Gasteiger partial charge in [-0.3, -0.25) is 14.0 Å². The lowest BCUT2D eigenvalue weighted by molar-refractivity contribution is -0.124. The SMILES string of the molecule is O=C(N[C@@H]1CCCNC1=O)c1csc2nc(-c3ccccc3Cl)cn12. The number of hydrogen-bond donors (Lipinski definition) is 2. The van der Waals surface area contributed by atoms with E-state index in [-0.39, 0.29) is 11.8 Å². The average molecular weight is 375 g/mol. The molecule has 1 aromatic carbocycles. The first-order valence-corrected chi connectivity index (χ1v) is 9.19. The van der Waals surface area contributed by atoms with Gasteiger partial charge in [-0.2, -0.15) is 0 Å². The first kappa shape index (κ1) is 16.1. The summed E-state index contributed by atoms with van der Waals surface area (Å²) in [6.45, 7) is 0.663. The molecule has 1 aliphatic heterocycles. The molecular formula is C17H15ClN4O2S. The van der Waals surface area contributed by atoms with Gasteiger partial charge in [0.15, 0.2) is 4.96 Å². The number of nitrogens with zero attached hydrogens (tertiary/aromatic N) is 2. The van der Waals surface area contributed by atoms with Crippen LogP contribution in [0.1, 0.15) is 23.3 Å². The lowest BCUT2D eigenvalue weighted by Gasteiger charge is -2.22. The van der Waals surface area contributed by atoms with Gasteiger partial charge in [-0.05, 0) is 18.9 Å². The third-order valence-corrected chi connectivity index (χ3v) is 5.35. The number of amides is 2. The summed E-state index contributed by atoms with van der Waals surface area (Å²) in [7, 11) is 0. The summed E-state index contributed by atoms with van der Waals surface area (Å²) in [5, 5.41) is 7.93. The van der Waals surface area contributed by atoms with Gasteiger partial charge >= 0.3 is 0 Å². The van der Waals surface area contributed by atoms with Crippen molar-refractivity contribution in [2.24, 2.45) is 0 Å². The van der Waals surface area contributed by atoms with Crippen LogP contribution >= 0.6 is 22.9 Å². The molecule has 2 amide bonds. The molecule has 0 bridgehead atoms. The van der Waals surface area contributed by atoms with E-state index in [0.717, 1.165) is 12.0 Å². The van der Waals surface area contributed by atoms with E-state index in [1.807, 2.05) is 18.2 Å². The number of benzene rings is 1. The summed E-state index contributed by atoms with van der Waals surface area (Å²) < 4.78 is 1.74. The molecule has 0 unspecified atom stereocenters. The van der Waals surface area contributed by atoms with Crippen molar-refractivity contribution in [1.82, 2.24) is 20.0 Å². The number of carbonyl (C=O) groups excluding carboxylic acids is 2. The molecule has 1 fully saturated rings. The number of rotatable bonds is 3. The largest absolute Gasteiger partial charge is 0.354 e. The molecule has 0 spiro atoms. The van der Waals surface area contributed by atoms with Crippen LogP contribution in [0.2, 0.25) is 5.02 Å². The molecule has 2 N–H and O–H groups in total. The van der Waals surface area contributed by atoms with E-state index in [1.54, 1.807) is 22.0 Å². The molecule has 0 aliphatic carbocycles. The average Bonchev–Trinajstić information content (AvgIpc) is 3.17. The van der Waals surface area contributed by atoms with Gasteiger partial charge in [0.2, 0.25) is 5.91 Å². The van der Waals surface area contributed by atoms with Crippen LogP contribution in [0.4, 0.5) is 0 Å². The highest BCUT2D eigenvalue weighted by atomic mass is 35.5. The number of thiazole rings is 1. The Bertz CT molecular complexity index is 965. The van der Waals surface area contributed by atoms with Crippen molar-refractivity contribution in [1.29, 1.82) is 0 Å². The van der Waals surface area contributed by atoms with Crippen LogP contribution in [0.25, 0.3) is 16.2 Å². The molecule has 3 aromatic rings. The van der Waals surface area contributed by atoms with E-state index < -0.39 is 6.04 Å². The summed E-state index contributed by atoms with van der Waals surface area (Å²) >= 11 is 7.60. The third-order valence-electron chi connectivity index (χ3n) is 4.18. The molecule has 6 nitrogen and oxygen atoms in total. The van der Waals surface area contributed by atoms with Gasteiger partial charge in [0.1, 0.15) is 11.7 Å². The highest BCUT2D eigenvalue weighted by Crippen LogP contribution is 2.29. The first-order valence-electron chi connectivity index (χ1n) is 7.93. The zero-order valence-corrected chi connectivity index (χ0v) is 14.7. The van der Waals surface area contributed by atoms with Crippen LogP contribution < -0.4 is 10.6 Å². The van der Waals surface area contributed by atoms with Crippen molar-refractivity contribution in [3.05, 3.63) is 46.6 Å². The van der Waals surface area contributed by atoms with E-state index in [9.17, 15) is 9.59 Å². The predicted molar refractivity (Wildman–Crippen MR) is 97.0 cm³/mol. The van der Waals surface area contributed by atoms with Crippen molar-refractivity contribution in [3.63, 3.8) is 0 Å². The van der Waals surface area contributed by atoms with Gasteiger partial charge in [0.25, 0.3) is 5.91 Å². The van der Waals surface area contributed by atoms with Crippen LogP contribution in [0.5, 0.6) is 0 Å². The minimum atomic E-state index is -0.484. The number of piperidine rings is 1. The number of aromatic nitrogens is 2. The molecular weight excluding hydrogens is 360 g/mol. The first-order chi connectivity index (χ1) is 12.1. The van der Waals surface area contributed by atoms with Crippen molar-refractivity contribution in [3.8, 4) is 11.3 Å². The summed E-state index contributed by atoms with van der Waals surface area (Å²) in [5.41, 5.74) is 1.99. The Labute approximate surface area is 152 Å². The molecule has 1 atom stereocenters. The van der Waals surface area contributed by atoms with E-state index in [0.29, 0.717) is 34.3 Å². The number of carbonyl (C=O) groups is 2. The molecule has 4 rings (SSSR count). The Kier molecular flexibility index (Phi) is 4.19. The molecule has 1 aliphatic rings. The third kappa shape index (κ3) is 3.01. The second-order valence-electron chi connectivity index (χ2n) is 5.84. The fourth-order valence-corrected chi connectivity index (χ4v) is 3.97. The van der Waals surface area contributed by atoms with Crippen LogP contribution in [0.3, 0.4) is 0 Å². The number of halogens is 1. The lowest BCUT2D eigenvalue weighted by atomic mass is 10.1. The second-order valence-corrected chi connectivity index (χ2v) is 7.08. The zero-order valence-electron chi connectivity index (χ0n) is 13.2. The van der Waals surface area contributed by atoms with Gasteiger partial charge in [0.05, 0.1) is 10.7 Å². The van der Waals surface area contributed by atoms with E-state index in [4.69, 9.17) is 11.6 Å². The quantitative estimate of drug-likeness (QED) is 0.740. The number of nitrogens with one attached hydrogen (secondary N) is 2. The van der Waals surface area contributed by atoms with Crippen LogP contribution in [0, 0.1) is 0 Å². The molecule has 25 heavy (non-hydrogen) atoms. The molecule has 128 valence electrons. The second kappa shape index (κ2) is 6.50. The number of imidazole rings is 1. The lowest BCUT2D eigenvalue weighted by Crippen LogP contribution is -2.50. The Morgan fingerprint density at radius 3 is 3.04 bits per heavy atom. The monoisotopic (exact) mass is 374 g/mol. The van der Waals surface area contributed by atoms with E-state index in [2.05, 4.69) is 15.6 Å². The fraction of sp³-hybridized carbons (Fsp3) is 0.235. The van der Waals surface area contributed by atoms with Gasteiger partial charge in [0, 0.05) is 23.7 Å². The van der Waals surface area contributed by atoms with Crippen LogP contribution in [-0.4, -0.2) is 33.8 Å². The molecule has 0 radical (unpaired) electrons. The van der Waals surface area contributed by atoms with Crippen molar-refractivity contribution in [2.75, 3.05) is 6.54 Å². The highest BCUT2D eigenvalue weighted by molar-refractivity contribution is 7.15. The number of hydrogen-bond acceptors (Lipinski definition) is 4. The predicted octanol–water partition coefficient (Wildman–Crippen LogP) is 2.72. The topological polar surface area (TPSA) is 75.5 Å². The van der Waals surface area contributed by atoms with E-state index in [1.165, 1.54) is 11.3 Å². The maximum Gasteiger partial charge on any atom is 0.269 e. The normalized spacial score (nSPS) is 17.5. The van der Waals surface area contributed by atoms with Crippen molar-refractivity contribution in [2.45, 2.75) is 18.9 Å².